The van der Waals surface area contributed by atoms with Gasteiger partial charge < -0.3 is 14.6 Å². The van der Waals surface area contributed by atoms with E-state index >= 15 is 0 Å². The summed E-state index contributed by atoms with van der Waals surface area (Å²) in [6.07, 6.45) is 4.59. The third-order valence-corrected chi connectivity index (χ3v) is 4.71. The van der Waals surface area contributed by atoms with Gasteiger partial charge in [-0.25, -0.2) is 4.98 Å². The van der Waals surface area contributed by atoms with E-state index < -0.39 is 0 Å². The van der Waals surface area contributed by atoms with Crippen LogP contribution in [0.4, 0.5) is 0 Å². The topological polar surface area (TPSA) is 59.7 Å². The number of aromatic nitrogens is 1. The number of hydrogen-bond donors (Lipinski definition) is 1. The van der Waals surface area contributed by atoms with Gasteiger partial charge in [-0.2, -0.15) is 0 Å². The summed E-state index contributed by atoms with van der Waals surface area (Å²) in [5.41, 5.74) is 4.11. The van der Waals surface area contributed by atoms with Crippen LogP contribution in [-0.4, -0.2) is 23.8 Å². The van der Waals surface area contributed by atoms with Crippen LogP contribution in [0.2, 0.25) is 0 Å². The summed E-state index contributed by atoms with van der Waals surface area (Å²) in [5, 5.41) is 7.61. The molecular weight excluding hydrogens is 290 g/mol. The Labute approximate surface area is 135 Å². The molecule has 0 radical (unpaired) electrons. The van der Waals surface area contributed by atoms with E-state index in [0.717, 1.165) is 49.6 Å². The molecule has 1 N–H and O–H groups in total. The van der Waals surface area contributed by atoms with Crippen LogP contribution >= 0.6 is 0 Å². The van der Waals surface area contributed by atoms with Crippen LogP contribution in [0.25, 0.3) is 0 Å². The second kappa shape index (κ2) is 6.16. The molecule has 0 spiro atoms. The summed E-state index contributed by atoms with van der Waals surface area (Å²) in [5.74, 6) is 1.25. The van der Waals surface area contributed by atoms with Crippen molar-refractivity contribution in [3.8, 4) is 0 Å². The van der Waals surface area contributed by atoms with Crippen LogP contribution in [0.15, 0.2) is 40.1 Å². The number of aryl methyl sites for hydroxylation is 1. The fourth-order valence-corrected chi connectivity index (χ4v) is 3.32. The van der Waals surface area contributed by atoms with Crippen LogP contribution < -0.4 is 5.32 Å². The van der Waals surface area contributed by atoms with Gasteiger partial charge in [-0.3, -0.25) is 0 Å². The molecule has 0 bridgehead atoms. The summed E-state index contributed by atoms with van der Waals surface area (Å²) in [7, 11) is 0. The number of oxazole rings is 1. The molecule has 1 saturated heterocycles. The maximum Gasteiger partial charge on any atom is 0.197 e. The molecule has 0 aliphatic carbocycles. The molecule has 120 valence electrons. The number of piperidine rings is 1. The first-order valence-electron chi connectivity index (χ1n) is 8.26. The smallest absolute Gasteiger partial charge is 0.197 e. The number of nitrogens with zero attached hydrogens (tertiary/aromatic N) is 2. The van der Waals surface area contributed by atoms with Crippen molar-refractivity contribution in [2.45, 2.75) is 38.2 Å². The third-order valence-electron chi connectivity index (χ3n) is 4.71. The Morgan fingerprint density at radius 3 is 2.83 bits per heavy atom. The third kappa shape index (κ3) is 2.88. The Kier molecular flexibility index (Phi) is 3.87. The normalized spacial score (nSPS) is 22.0. The molecule has 2 aliphatic rings. The summed E-state index contributed by atoms with van der Waals surface area (Å²) < 4.78 is 5.71. The molecule has 1 fully saturated rings. The van der Waals surface area contributed by atoms with Crippen LogP contribution in [0.3, 0.4) is 0 Å². The van der Waals surface area contributed by atoms with E-state index in [1.807, 2.05) is 12.1 Å². The lowest BCUT2D eigenvalue weighted by molar-refractivity contribution is 0.0853. The Hall–Kier alpha value is -2.14. The summed E-state index contributed by atoms with van der Waals surface area (Å²) >= 11 is 0. The number of nitrogens with one attached hydrogen (secondary N) is 1. The van der Waals surface area contributed by atoms with E-state index in [0.29, 0.717) is 5.92 Å². The van der Waals surface area contributed by atoms with Crippen LogP contribution in [0.5, 0.6) is 0 Å². The second-order valence-corrected chi connectivity index (χ2v) is 6.29. The average Bonchev–Trinajstić information content (AvgIpc) is 3.25. The van der Waals surface area contributed by atoms with Gasteiger partial charge in [-0.1, -0.05) is 29.4 Å². The van der Waals surface area contributed by atoms with Crippen molar-refractivity contribution in [1.82, 2.24) is 10.3 Å². The van der Waals surface area contributed by atoms with Gasteiger partial charge >= 0.3 is 0 Å². The Morgan fingerprint density at radius 2 is 2.00 bits per heavy atom. The number of rotatable bonds is 3. The first-order chi connectivity index (χ1) is 11.3. The quantitative estimate of drug-likeness (QED) is 0.944. The zero-order chi connectivity index (χ0) is 15.6. The highest BCUT2D eigenvalue weighted by atomic mass is 16.6. The second-order valence-electron chi connectivity index (χ2n) is 6.29. The van der Waals surface area contributed by atoms with E-state index in [2.05, 4.69) is 34.5 Å². The molecule has 23 heavy (non-hydrogen) atoms. The lowest BCUT2D eigenvalue weighted by Crippen LogP contribution is -2.26. The predicted octanol–water partition coefficient (Wildman–Crippen LogP) is 3.32. The monoisotopic (exact) mass is 311 g/mol. The molecule has 1 aromatic carbocycles. The highest BCUT2D eigenvalue weighted by Gasteiger charge is 2.28. The molecule has 0 amide bonds. The van der Waals surface area contributed by atoms with Crippen LogP contribution in [-0.2, 0) is 4.84 Å². The largest absolute Gasteiger partial charge is 0.448 e. The maximum atomic E-state index is 5.71. The van der Waals surface area contributed by atoms with Gasteiger partial charge in [0.2, 0.25) is 0 Å². The van der Waals surface area contributed by atoms with E-state index in [9.17, 15) is 0 Å². The van der Waals surface area contributed by atoms with Crippen molar-refractivity contribution in [2.75, 3.05) is 13.1 Å². The molecule has 3 heterocycles. The number of benzene rings is 1. The first kappa shape index (κ1) is 14.5. The zero-order valence-corrected chi connectivity index (χ0v) is 13.3. The Balaban J connectivity index is 1.47. The van der Waals surface area contributed by atoms with Gasteiger partial charge in [0, 0.05) is 12.3 Å². The van der Waals surface area contributed by atoms with E-state index in [-0.39, 0.29) is 6.10 Å². The number of hydrogen-bond acceptors (Lipinski definition) is 5. The van der Waals surface area contributed by atoms with E-state index in [1.165, 1.54) is 11.1 Å². The predicted molar refractivity (Wildman–Crippen MR) is 87.5 cm³/mol. The molecule has 1 aromatic heterocycles. The van der Waals surface area contributed by atoms with Gasteiger partial charge in [0.05, 0.1) is 0 Å². The van der Waals surface area contributed by atoms with Gasteiger partial charge in [0.15, 0.2) is 12.0 Å². The van der Waals surface area contributed by atoms with Gasteiger partial charge in [0.25, 0.3) is 0 Å². The highest BCUT2D eigenvalue weighted by Crippen LogP contribution is 2.32. The molecule has 4 rings (SSSR count). The Morgan fingerprint density at radius 1 is 1.17 bits per heavy atom. The van der Waals surface area contributed by atoms with Gasteiger partial charge in [-0.15, -0.1) is 0 Å². The highest BCUT2D eigenvalue weighted by molar-refractivity contribution is 5.99. The fourth-order valence-electron chi connectivity index (χ4n) is 3.32. The van der Waals surface area contributed by atoms with Crippen molar-refractivity contribution < 1.29 is 9.25 Å². The number of oxime groups is 1. The molecule has 2 aliphatic heterocycles. The van der Waals surface area contributed by atoms with E-state index in [1.54, 1.807) is 6.26 Å². The van der Waals surface area contributed by atoms with Gasteiger partial charge in [-0.05, 0) is 44.0 Å². The lowest BCUT2D eigenvalue weighted by atomic mass is 9.98. The minimum Gasteiger partial charge on any atom is -0.448 e. The molecular formula is C18H21N3O2. The Bertz CT molecular complexity index is 717. The molecule has 1 unspecified atom stereocenters. The SMILES string of the molecule is Cc1ccccc1C1CC(c2coc(C3CCNCC3)n2)=NO1. The summed E-state index contributed by atoms with van der Waals surface area (Å²) in [6, 6.07) is 8.28. The van der Waals surface area contributed by atoms with E-state index in [4.69, 9.17) is 9.25 Å². The molecule has 2 aromatic rings. The fraction of sp³-hybridized carbons (Fsp3) is 0.444. The van der Waals surface area contributed by atoms with Crippen LogP contribution in [0.1, 0.15) is 54.0 Å². The molecule has 5 heteroatoms. The van der Waals surface area contributed by atoms with Crippen molar-refractivity contribution in [2.24, 2.45) is 5.16 Å². The molecule has 1 atom stereocenters. The standard InChI is InChI=1S/C18H21N3O2/c1-12-4-2-3-5-14(12)17-10-15(21-23-17)16-11-22-18(20-16)13-6-8-19-9-7-13/h2-5,11,13,17,19H,6-10H2,1H3. The van der Waals surface area contributed by atoms with Gasteiger partial charge in [0.1, 0.15) is 17.7 Å². The van der Waals surface area contributed by atoms with Crippen molar-refractivity contribution in [1.29, 1.82) is 0 Å². The maximum absolute atomic E-state index is 5.71. The lowest BCUT2D eigenvalue weighted by Gasteiger charge is -2.19. The zero-order valence-electron chi connectivity index (χ0n) is 13.3. The van der Waals surface area contributed by atoms with Crippen molar-refractivity contribution in [3.05, 3.63) is 53.2 Å². The average molecular weight is 311 g/mol. The minimum absolute atomic E-state index is 0.0229. The van der Waals surface area contributed by atoms with Crippen molar-refractivity contribution in [3.63, 3.8) is 0 Å². The van der Waals surface area contributed by atoms with Crippen LogP contribution in [0, 0.1) is 6.92 Å². The minimum atomic E-state index is -0.0229. The molecule has 5 nitrogen and oxygen atoms in total. The first-order valence-corrected chi connectivity index (χ1v) is 8.26. The van der Waals surface area contributed by atoms with Crippen molar-refractivity contribution >= 4 is 5.71 Å². The molecule has 0 saturated carbocycles. The summed E-state index contributed by atoms with van der Waals surface area (Å²) in [6.45, 7) is 4.16. The summed E-state index contributed by atoms with van der Waals surface area (Å²) in [4.78, 5) is 10.3.